The summed E-state index contributed by atoms with van der Waals surface area (Å²) in [7, 11) is 2.13. The van der Waals surface area contributed by atoms with E-state index in [1.54, 1.807) is 0 Å². The largest absolute Gasteiger partial charge is 0.455 e. The van der Waals surface area contributed by atoms with Crippen LogP contribution in [0.2, 0.25) is 0 Å². The zero-order valence-corrected chi connectivity index (χ0v) is 15.6. The fraction of sp³-hybridized carbons (Fsp3) is 0.409. The van der Waals surface area contributed by atoms with E-state index in [4.69, 9.17) is 9.73 Å². The maximum Gasteiger partial charge on any atom is 0.288 e. The van der Waals surface area contributed by atoms with Gasteiger partial charge in [-0.25, -0.2) is 9.38 Å². The van der Waals surface area contributed by atoms with Crippen molar-refractivity contribution in [1.82, 2.24) is 9.80 Å². The Hall–Kier alpha value is -2.40. The molecule has 2 aromatic rings. The van der Waals surface area contributed by atoms with Crippen LogP contribution in [0.5, 0.6) is 0 Å². The summed E-state index contributed by atoms with van der Waals surface area (Å²) >= 11 is 0. The van der Waals surface area contributed by atoms with Crippen molar-refractivity contribution in [2.45, 2.75) is 24.5 Å². The molecule has 1 saturated heterocycles. The van der Waals surface area contributed by atoms with Gasteiger partial charge >= 0.3 is 0 Å². The van der Waals surface area contributed by atoms with Crippen LogP contribution in [0.3, 0.4) is 0 Å². The van der Waals surface area contributed by atoms with Gasteiger partial charge in [-0.1, -0.05) is 36.4 Å². The van der Waals surface area contributed by atoms with E-state index in [1.165, 1.54) is 23.3 Å². The van der Waals surface area contributed by atoms with Gasteiger partial charge in [0, 0.05) is 26.1 Å². The predicted molar refractivity (Wildman–Crippen MR) is 103 cm³/mol. The Kier molecular flexibility index (Phi) is 3.93. The molecule has 5 heteroatoms. The molecule has 3 aliphatic rings. The monoisotopic (exact) mass is 365 g/mol. The summed E-state index contributed by atoms with van der Waals surface area (Å²) in [5.74, 6) is -0.211. The van der Waals surface area contributed by atoms with E-state index < -0.39 is 0 Å². The van der Waals surface area contributed by atoms with Crippen molar-refractivity contribution < 1.29 is 9.13 Å². The molecule has 0 saturated carbocycles. The highest BCUT2D eigenvalue weighted by molar-refractivity contribution is 5.78. The second-order valence-corrected chi connectivity index (χ2v) is 7.97. The quantitative estimate of drug-likeness (QED) is 0.777. The molecule has 4 nitrogen and oxygen atoms in total. The number of aliphatic imine (C=N–C) groups is 1. The van der Waals surface area contributed by atoms with E-state index in [0.717, 1.165) is 50.6 Å². The van der Waals surface area contributed by atoms with Crippen LogP contribution in [0.15, 0.2) is 53.5 Å². The van der Waals surface area contributed by atoms with Crippen LogP contribution < -0.4 is 0 Å². The second-order valence-electron chi connectivity index (χ2n) is 7.97. The highest BCUT2D eigenvalue weighted by Gasteiger charge is 2.46. The molecule has 1 spiro atoms. The third-order valence-corrected chi connectivity index (χ3v) is 6.03. The third kappa shape index (κ3) is 2.90. The SMILES string of the molecule is CN1CCC2(CN=C(N3CCc4ccccc4[C@@H]3c3ccc(F)cc3)O2)C1. The molecule has 0 aliphatic carbocycles. The van der Waals surface area contributed by atoms with Crippen molar-refractivity contribution in [3.8, 4) is 0 Å². The Morgan fingerprint density at radius 3 is 2.70 bits per heavy atom. The van der Waals surface area contributed by atoms with Crippen LogP contribution in [0.25, 0.3) is 0 Å². The number of nitrogens with zero attached hydrogens (tertiary/aromatic N) is 3. The number of likely N-dealkylation sites (tertiary alicyclic amines) is 1. The molecule has 140 valence electrons. The average molecular weight is 365 g/mol. The zero-order valence-electron chi connectivity index (χ0n) is 15.6. The number of halogens is 1. The molecule has 3 aliphatic heterocycles. The average Bonchev–Trinajstić information content (AvgIpc) is 3.27. The van der Waals surface area contributed by atoms with Gasteiger partial charge in [0.15, 0.2) is 0 Å². The van der Waals surface area contributed by atoms with Crippen molar-refractivity contribution in [2.24, 2.45) is 4.99 Å². The Morgan fingerprint density at radius 1 is 1.11 bits per heavy atom. The number of fused-ring (bicyclic) bond motifs is 1. The third-order valence-electron chi connectivity index (χ3n) is 6.03. The maximum absolute atomic E-state index is 13.5. The van der Waals surface area contributed by atoms with Gasteiger partial charge < -0.3 is 14.5 Å². The predicted octanol–water partition coefficient (Wildman–Crippen LogP) is 3.23. The summed E-state index contributed by atoms with van der Waals surface area (Å²) in [5, 5.41) is 0. The van der Waals surface area contributed by atoms with Crippen LogP contribution in [-0.2, 0) is 11.2 Å². The topological polar surface area (TPSA) is 28.1 Å². The molecule has 27 heavy (non-hydrogen) atoms. The van der Waals surface area contributed by atoms with E-state index in [-0.39, 0.29) is 17.5 Å². The normalized spacial score (nSPS) is 27.6. The van der Waals surface area contributed by atoms with Gasteiger partial charge in [0.2, 0.25) is 0 Å². The molecular weight excluding hydrogens is 341 g/mol. The summed E-state index contributed by atoms with van der Waals surface area (Å²) in [6.07, 6.45) is 1.98. The molecular formula is C22H24FN3O. The minimum atomic E-state index is -0.211. The molecule has 1 unspecified atom stereocenters. The summed E-state index contributed by atoms with van der Waals surface area (Å²) in [6.45, 7) is 3.55. The second kappa shape index (κ2) is 6.34. The van der Waals surface area contributed by atoms with Crippen LogP contribution in [0.4, 0.5) is 4.39 Å². The molecule has 0 aromatic heterocycles. The van der Waals surface area contributed by atoms with Crippen molar-refractivity contribution in [1.29, 1.82) is 0 Å². The molecule has 1 fully saturated rings. The van der Waals surface area contributed by atoms with E-state index >= 15 is 0 Å². The lowest BCUT2D eigenvalue weighted by Crippen LogP contribution is -2.44. The van der Waals surface area contributed by atoms with Gasteiger partial charge in [-0.05, 0) is 42.3 Å². The Morgan fingerprint density at radius 2 is 1.93 bits per heavy atom. The van der Waals surface area contributed by atoms with Gasteiger partial charge in [0.25, 0.3) is 6.02 Å². The molecule has 0 bridgehead atoms. The number of hydrogen-bond donors (Lipinski definition) is 0. The van der Waals surface area contributed by atoms with Gasteiger partial charge in [0.05, 0.1) is 12.6 Å². The van der Waals surface area contributed by atoms with Crippen LogP contribution in [-0.4, -0.2) is 54.6 Å². The van der Waals surface area contributed by atoms with Crippen molar-refractivity contribution in [3.63, 3.8) is 0 Å². The van der Waals surface area contributed by atoms with Crippen molar-refractivity contribution in [3.05, 3.63) is 71.0 Å². The van der Waals surface area contributed by atoms with E-state index in [9.17, 15) is 4.39 Å². The van der Waals surface area contributed by atoms with E-state index in [2.05, 4.69) is 41.1 Å². The van der Waals surface area contributed by atoms with Gasteiger partial charge in [0.1, 0.15) is 11.4 Å². The highest BCUT2D eigenvalue weighted by atomic mass is 19.1. The molecule has 2 aromatic carbocycles. The Balaban J connectivity index is 1.51. The number of hydrogen-bond acceptors (Lipinski definition) is 4. The van der Waals surface area contributed by atoms with Crippen LogP contribution in [0.1, 0.15) is 29.2 Å². The van der Waals surface area contributed by atoms with E-state index in [0.29, 0.717) is 0 Å². The summed E-state index contributed by atoms with van der Waals surface area (Å²) in [6, 6.07) is 16.1. The van der Waals surface area contributed by atoms with Crippen molar-refractivity contribution in [2.75, 3.05) is 33.2 Å². The molecule has 0 amide bonds. The first-order valence-corrected chi connectivity index (χ1v) is 9.66. The van der Waals surface area contributed by atoms with Gasteiger partial charge in [-0.3, -0.25) is 0 Å². The van der Waals surface area contributed by atoms with Gasteiger partial charge in [-0.2, -0.15) is 0 Å². The highest BCUT2D eigenvalue weighted by Crippen LogP contribution is 2.38. The number of amidine groups is 1. The smallest absolute Gasteiger partial charge is 0.288 e. The first-order chi connectivity index (χ1) is 13.1. The van der Waals surface area contributed by atoms with Crippen LogP contribution in [0, 0.1) is 5.82 Å². The minimum absolute atomic E-state index is 0.00332. The molecule has 2 atom stereocenters. The number of rotatable bonds is 1. The molecule has 5 rings (SSSR count). The summed E-state index contributed by atoms with van der Waals surface area (Å²) in [4.78, 5) is 9.39. The number of benzene rings is 2. The first kappa shape index (κ1) is 16.8. The Labute approximate surface area is 159 Å². The lowest BCUT2D eigenvalue weighted by atomic mass is 9.88. The zero-order chi connectivity index (χ0) is 18.4. The van der Waals surface area contributed by atoms with Crippen LogP contribution >= 0.6 is 0 Å². The molecule has 0 radical (unpaired) electrons. The minimum Gasteiger partial charge on any atom is -0.455 e. The lowest BCUT2D eigenvalue weighted by molar-refractivity contribution is 0.0726. The molecule has 3 heterocycles. The maximum atomic E-state index is 13.5. The number of likely N-dealkylation sites (N-methyl/N-ethyl adjacent to an activating group) is 1. The standard InChI is InChI=1S/C22H24FN3O/c1-25-13-11-22(15-25)14-24-21(27-22)26-12-10-16-4-2-3-5-19(16)20(26)17-6-8-18(23)9-7-17/h2-9,20H,10-15H2,1H3/t20-,22?/m0/s1. The fourth-order valence-electron chi connectivity index (χ4n) is 4.65. The summed E-state index contributed by atoms with van der Waals surface area (Å²) in [5.41, 5.74) is 3.50. The van der Waals surface area contributed by atoms with Gasteiger partial charge in [-0.15, -0.1) is 0 Å². The molecule has 0 N–H and O–H groups in total. The first-order valence-electron chi connectivity index (χ1n) is 9.66. The lowest BCUT2D eigenvalue weighted by Gasteiger charge is -2.39. The Bertz CT molecular complexity index is 881. The fourth-order valence-corrected chi connectivity index (χ4v) is 4.65. The number of ether oxygens (including phenoxy) is 1. The van der Waals surface area contributed by atoms with Crippen molar-refractivity contribution >= 4 is 6.02 Å². The van der Waals surface area contributed by atoms with E-state index in [1.807, 2.05) is 12.1 Å². The summed E-state index contributed by atoms with van der Waals surface area (Å²) < 4.78 is 20.0.